The summed E-state index contributed by atoms with van der Waals surface area (Å²) >= 11 is 0. The van der Waals surface area contributed by atoms with Crippen molar-refractivity contribution in [3.05, 3.63) is 84.0 Å². The Bertz CT molecular complexity index is 1320. The van der Waals surface area contributed by atoms with Crippen molar-refractivity contribution in [2.45, 2.75) is 20.8 Å². The summed E-state index contributed by atoms with van der Waals surface area (Å²) in [7, 11) is 0. The molecule has 5 rings (SSSR count). The zero-order chi connectivity index (χ0) is 20.0. The van der Waals surface area contributed by atoms with Crippen molar-refractivity contribution >= 4 is 11.1 Å². The van der Waals surface area contributed by atoms with E-state index in [1.165, 1.54) is 11.1 Å². The van der Waals surface area contributed by atoms with Crippen LogP contribution in [0, 0.1) is 26.8 Å². The molecule has 0 saturated heterocycles. The first-order valence-corrected chi connectivity index (χ1v) is 9.46. The first kappa shape index (κ1) is 20.2. The first-order valence-electron chi connectivity index (χ1n) is 9.46. The number of benzene rings is 3. The van der Waals surface area contributed by atoms with Crippen molar-refractivity contribution in [2.75, 3.05) is 0 Å². The predicted molar refractivity (Wildman–Crippen MR) is 113 cm³/mol. The second-order valence-corrected chi connectivity index (χ2v) is 7.15. The molecular formula is C24H19IrN4O-. The van der Waals surface area contributed by atoms with Gasteiger partial charge in [-0.3, -0.25) is 14.6 Å². The van der Waals surface area contributed by atoms with Crippen LogP contribution in [0.4, 0.5) is 0 Å². The summed E-state index contributed by atoms with van der Waals surface area (Å²) in [6.45, 7) is 6.04. The maximum atomic E-state index is 5.68. The molecule has 0 atom stereocenters. The van der Waals surface area contributed by atoms with Crippen molar-refractivity contribution in [3.63, 3.8) is 0 Å². The second kappa shape index (κ2) is 7.98. The van der Waals surface area contributed by atoms with Gasteiger partial charge in [-0.25, -0.2) is 0 Å². The van der Waals surface area contributed by atoms with Gasteiger partial charge in [0.25, 0.3) is 0 Å². The summed E-state index contributed by atoms with van der Waals surface area (Å²) in [6, 6.07) is 21.8. The largest absolute Gasteiger partial charge is 0.461 e. The van der Waals surface area contributed by atoms with E-state index in [2.05, 4.69) is 71.4 Å². The van der Waals surface area contributed by atoms with Crippen molar-refractivity contribution in [2.24, 2.45) is 0 Å². The van der Waals surface area contributed by atoms with E-state index in [-0.39, 0.29) is 20.1 Å². The SMILES string of the molecule is Cc1nc2c[c-]c(-c3ncnn3-c3c(C)cc(-c4ccccc4)cc3C)cc2o1.[Ir]. The van der Waals surface area contributed by atoms with Crippen molar-refractivity contribution in [3.8, 4) is 28.2 Å². The number of oxazole rings is 1. The molecule has 5 aromatic rings. The normalized spacial score (nSPS) is 10.9. The third-order valence-electron chi connectivity index (χ3n) is 5.03. The van der Waals surface area contributed by atoms with Gasteiger partial charge >= 0.3 is 0 Å². The Kier molecular flexibility index (Phi) is 5.37. The van der Waals surface area contributed by atoms with Gasteiger partial charge in [-0.2, -0.15) is 5.10 Å². The summed E-state index contributed by atoms with van der Waals surface area (Å²) < 4.78 is 7.55. The van der Waals surface area contributed by atoms with Crippen LogP contribution in [0.15, 0.2) is 65.3 Å². The Morgan fingerprint density at radius 2 is 1.67 bits per heavy atom. The molecule has 0 unspecified atom stereocenters. The number of hydrogen-bond acceptors (Lipinski definition) is 4. The molecule has 6 heteroatoms. The molecule has 1 radical (unpaired) electrons. The summed E-state index contributed by atoms with van der Waals surface area (Å²) in [4.78, 5) is 8.84. The fourth-order valence-electron chi connectivity index (χ4n) is 3.79. The Labute approximate surface area is 188 Å². The van der Waals surface area contributed by atoms with Gasteiger partial charge < -0.3 is 4.42 Å². The van der Waals surface area contributed by atoms with Gasteiger partial charge in [-0.1, -0.05) is 36.4 Å². The minimum Gasteiger partial charge on any atom is -0.461 e. The van der Waals surface area contributed by atoms with E-state index in [0.717, 1.165) is 39.3 Å². The van der Waals surface area contributed by atoms with Crippen LogP contribution in [0.1, 0.15) is 17.0 Å². The second-order valence-electron chi connectivity index (χ2n) is 7.15. The van der Waals surface area contributed by atoms with Crippen molar-refractivity contribution in [1.29, 1.82) is 0 Å². The number of aryl methyl sites for hydroxylation is 3. The standard InChI is InChI=1S/C24H19N4O.Ir/c1-15-11-20(18-7-5-4-6-8-18)12-16(2)23(15)28-24(25-14-26-28)19-9-10-21-22(13-19)29-17(3)27-21;/h4-8,10-14H,1-3H3;/q-1;. The fourth-order valence-corrected chi connectivity index (χ4v) is 3.79. The van der Waals surface area contributed by atoms with Gasteiger partial charge in [0.2, 0.25) is 0 Å². The van der Waals surface area contributed by atoms with Gasteiger partial charge in [-0.05, 0) is 48.2 Å². The van der Waals surface area contributed by atoms with Gasteiger partial charge in [-0.15, -0.1) is 17.7 Å². The molecule has 2 aromatic heterocycles. The zero-order valence-corrected chi connectivity index (χ0v) is 19.2. The quantitative estimate of drug-likeness (QED) is 0.270. The maximum Gasteiger partial charge on any atom is 0.180 e. The van der Waals surface area contributed by atoms with Crippen LogP contribution in [0.5, 0.6) is 0 Å². The summed E-state index contributed by atoms with van der Waals surface area (Å²) in [5.74, 6) is 1.36. The molecular weight excluding hydrogens is 553 g/mol. The molecule has 2 heterocycles. The molecule has 151 valence electrons. The van der Waals surface area contributed by atoms with Crippen LogP contribution < -0.4 is 0 Å². The number of nitrogens with zero attached hydrogens (tertiary/aromatic N) is 4. The summed E-state index contributed by atoms with van der Waals surface area (Å²) in [5.41, 5.74) is 8.01. The third kappa shape index (κ3) is 3.49. The van der Waals surface area contributed by atoms with Crippen LogP contribution in [0.3, 0.4) is 0 Å². The number of aromatic nitrogens is 4. The molecule has 0 spiro atoms. The van der Waals surface area contributed by atoms with Crippen LogP contribution in [0.2, 0.25) is 0 Å². The molecule has 0 amide bonds. The maximum absolute atomic E-state index is 5.68. The Morgan fingerprint density at radius 3 is 2.40 bits per heavy atom. The molecule has 0 aliphatic heterocycles. The molecule has 0 fully saturated rings. The molecule has 5 nitrogen and oxygen atoms in total. The Morgan fingerprint density at radius 1 is 0.933 bits per heavy atom. The molecule has 0 N–H and O–H groups in total. The molecule has 0 saturated carbocycles. The Balaban J connectivity index is 0.00000218. The van der Waals surface area contributed by atoms with E-state index in [9.17, 15) is 0 Å². The molecule has 0 bridgehead atoms. The van der Waals surface area contributed by atoms with E-state index >= 15 is 0 Å². The van der Waals surface area contributed by atoms with Crippen molar-refractivity contribution in [1.82, 2.24) is 19.7 Å². The van der Waals surface area contributed by atoms with Crippen molar-refractivity contribution < 1.29 is 24.5 Å². The van der Waals surface area contributed by atoms with Crippen LogP contribution in [-0.2, 0) is 20.1 Å². The topological polar surface area (TPSA) is 56.7 Å². The van der Waals surface area contributed by atoms with Gasteiger partial charge in [0.05, 0.1) is 17.1 Å². The summed E-state index contributed by atoms with van der Waals surface area (Å²) in [6.07, 6.45) is 1.57. The van der Waals surface area contributed by atoms with Gasteiger partial charge in [0.1, 0.15) is 6.33 Å². The third-order valence-corrected chi connectivity index (χ3v) is 5.03. The first-order chi connectivity index (χ1) is 14.1. The van der Waals surface area contributed by atoms with E-state index in [1.54, 1.807) is 6.33 Å². The monoisotopic (exact) mass is 572 g/mol. The van der Waals surface area contributed by atoms with Crippen LogP contribution >= 0.6 is 0 Å². The molecule has 30 heavy (non-hydrogen) atoms. The summed E-state index contributed by atoms with van der Waals surface area (Å²) in [5, 5.41) is 4.51. The van der Waals surface area contributed by atoms with E-state index < -0.39 is 0 Å². The minimum atomic E-state index is 0. The van der Waals surface area contributed by atoms with E-state index in [1.807, 2.05) is 29.8 Å². The van der Waals surface area contributed by atoms with Gasteiger partial charge in [0.15, 0.2) is 5.89 Å². The average Bonchev–Trinajstić information content (AvgIpc) is 3.33. The number of fused-ring (bicyclic) bond motifs is 1. The molecule has 0 aliphatic carbocycles. The van der Waals surface area contributed by atoms with Crippen LogP contribution in [0.25, 0.3) is 39.3 Å². The zero-order valence-electron chi connectivity index (χ0n) is 16.8. The average molecular weight is 572 g/mol. The molecule has 3 aromatic carbocycles. The number of rotatable bonds is 3. The minimum absolute atomic E-state index is 0. The van der Waals surface area contributed by atoms with E-state index in [4.69, 9.17) is 4.42 Å². The molecule has 0 aliphatic rings. The van der Waals surface area contributed by atoms with Crippen LogP contribution in [-0.4, -0.2) is 19.7 Å². The fraction of sp³-hybridized carbons (Fsp3) is 0.125. The van der Waals surface area contributed by atoms with Gasteiger partial charge in [0, 0.05) is 32.5 Å². The number of hydrogen-bond donors (Lipinski definition) is 0. The Hall–Kier alpha value is -3.08. The smallest absolute Gasteiger partial charge is 0.180 e. The van der Waals surface area contributed by atoms with E-state index in [0.29, 0.717) is 5.89 Å². The predicted octanol–water partition coefficient (Wildman–Crippen LogP) is 5.47.